The van der Waals surface area contributed by atoms with Crippen molar-refractivity contribution in [1.82, 2.24) is 4.90 Å². The highest BCUT2D eigenvalue weighted by molar-refractivity contribution is 5.77. The minimum atomic E-state index is -1.03. The molecule has 1 aliphatic carbocycles. The second-order valence-corrected chi connectivity index (χ2v) is 6.33. The predicted molar refractivity (Wildman–Crippen MR) is 78.2 cm³/mol. The maximum absolute atomic E-state index is 12.3. The van der Waals surface area contributed by atoms with Crippen LogP contribution < -0.4 is 0 Å². The molecule has 5 nitrogen and oxygen atoms in total. The van der Waals surface area contributed by atoms with Crippen molar-refractivity contribution in [2.24, 2.45) is 0 Å². The minimum Gasteiger partial charge on any atom is -0.480 e. The summed E-state index contributed by atoms with van der Waals surface area (Å²) in [6.45, 7) is 4.97. The second kappa shape index (κ2) is 5.76. The van der Waals surface area contributed by atoms with Crippen molar-refractivity contribution in [2.45, 2.75) is 45.3 Å². The van der Waals surface area contributed by atoms with E-state index in [0.717, 1.165) is 0 Å². The number of ether oxygens (including phenoxy) is 1. The fourth-order valence-corrected chi connectivity index (χ4v) is 2.57. The van der Waals surface area contributed by atoms with Crippen LogP contribution >= 0.6 is 0 Å². The number of carboxylic acids is 1. The number of fused-ring (bicyclic) bond motifs is 1. The molecule has 0 spiro atoms. The molecular formula is C16H21NO4. The number of carbonyl (C=O) groups is 2. The van der Waals surface area contributed by atoms with Gasteiger partial charge in [-0.2, -0.15) is 0 Å². The van der Waals surface area contributed by atoms with Gasteiger partial charge in [-0.05, 0) is 44.7 Å². The Labute approximate surface area is 124 Å². The SMILES string of the molecule is CC(C)(C)OC(=O)N(CC(=O)O)C1Cc2ccccc2C1. The molecule has 114 valence electrons. The van der Waals surface area contributed by atoms with Crippen LogP contribution in [0.1, 0.15) is 31.9 Å². The molecule has 2 rings (SSSR count). The number of aliphatic carboxylic acids is 1. The first kappa shape index (κ1) is 15.4. The predicted octanol–water partition coefficient (Wildman–Crippen LogP) is 2.48. The number of nitrogens with zero attached hydrogens (tertiary/aromatic N) is 1. The monoisotopic (exact) mass is 291 g/mol. The zero-order valence-corrected chi connectivity index (χ0v) is 12.6. The Morgan fingerprint density at radius 3 is 2.19 bits per heavy atom. The Bertz CT molecular complexity index is 522. The van der Waals surface area contributed by atoms with Gasteiger partial charge < -0.3 is 9.84 Å². The molecule has 21 heavy (non-hydrogen) atoms. The van der Waals surface area contributed by atoms with Gasteiger partial charge in [0.1, 0.15) is 12.1 Å². The van der Waals surface area contributed by atoms with Crippen molar-refractivity contribution in [3.05, 3.63) is 35.4 Å². The molecule has 0 radical (unpaired) electrons. The normalized spacial score (nSPS) is 14.6. The summed E-state index contributed by atoms with van der Waals surface area (Å²) in [5, 5.41) is 9.06. The van der Waals surface area contributed by atoms with E-state index in [4.69, 9.17) is 9.84 Å². The van der Waals surface area contributed by atoms with E-state index < -0.39 is 17.7 Å². The van der Waals surface area contributed by atoms with E-state index in [1.165, 1.54) is 16.0 Å². The third-order valence-electron chi connectivity index (χ3n) is 3.40. The lowest BCUT2D eigenvalue weighted by atomic mass is 10.1. The average molecular weight is 291 g/mol. The molecule has 1 amide bonds. The fraction of sp³-hybridized carbons (Fsp3) is 0.500. The molecule has 0 aliphatic heterocycles. The Kier molecular flexibility index (Phi) is 4.21. The zero-order valence-electron chi connectivity index (χ0n) is 12.6. The average Bonchev–Trinajstić information content (AvgIpc) is 2.76. The Hall–Kier alpha value is -2.04. The molecule has 1 aromatic carbocycles. The fourth-order valence-electron chi connectivity index (χ4n) is 2.57. The van der Waals surface area contributed by atoms with Crippen molar-refractivity contribution in [3.63, 3.8) is 0 Å². The van der Waals surface area contributed by atoms with Gasteiger partial charge in [0.25, 0.3) is 0 Å². The van der Waals surface area contributed by atoms with Crippen molar-refractivity contribution < 1.29 is 19.4 Å². The summed E-state index contributed by atoms with van der Waals surface area (Å²) in [5.41, 5.74) is 1.70. The minimum absolute atomic E-state index is 0.159. The summed E-state index contributed by atoms with van der Waals surface area (Å²) < 4.78 is 5.34. The smallest absolute Gasteiger partial charge is 0.411 e. The van der Waals surface area contributed by atoms with E-state index >= 15 is 0 Å². The summed E-state index contributed by atoms with van der Waals surface area (Å²) in [5.74, 6) is -1.03. The Balaban J connectivity index is 2.15. The van der Waals surface area contributed by atoms with Crippen LogP contribution in [0.15, 0.2) is 24.3 Å². The molecule has 0 saturated heterocycles. The lowest BCUT2D eigenvalue weighted by Gasteiger charge is -2.30. The maximum atomic E-state index is 12.3. The maximum Gasteiger partial charge on any atom is 0.411 e. The molecule has 5 heteroatoms. The molecule has 0 unspecified atom stereocenters. The summed E-state index contributed by atoms with van der Waals surface area (Å²) in [4.78, 5) is 24.7. The first-order chi connectivity index (χ1) is 9.76. The third-order valence-corrected chi connectivity index (χ3v) is 3.40. The molecule has 0 atom stereocenters. The number of benzene rings is 1. The first-order valence-electron chi connectivity index (χ1n) is 7.04. The molecule has 1 aromatic rings. The standard InChI is InChI=1S/C16H21NO4/c1-16(2,3)21-15(20)17(10-14(18)19)13-8-11-6-4-5-7-12(11)9-13/h4-7,13H,8-10H2,1-3H3,(H,18,19). The lowest BCUT2D eigenvalue weighted by Crippen LogP contribution is -2.46. The van der Waals surface area contributed by atoms with Crippen LogP contribution in [-0.4, -0.2) is 40.3 Å². The highest BCUT2D eigenvalue weighted by Crippen LogP contribution is 2.26. The summed E-state index contributed by atoms with van der Waals surface area (Å²) in [6, 6.07) is 7.78. The highest BCUT2D eigenvalue weighted by atomic mass is 16.6. The highest BCUT2D eigenvalue weighted by Gasteiger charge is 2.33. The van der Waals surface area contributed by atoms with E-state index in [1.54, 1.807) is 20.8 Å². The zero-order chi connectivity index (χ0) is 15.6. The molecule has 0 bridgehead atoms. The topological polar surface area (TPSA) is 66.8 Å². The van der Waals surface area contributed by atoms with Crippen LogP contribution in [0.4, 0.5) is 4.79 Å². The number of amides is 1. The van der Waals surface area contributed by atoms with Crippen LogP contribution in [-0.2, 0) is 22.4 Å². The Morgan fingerprint density at radius 2 is 1.76 bits per heavy atom. The van der Waals surface area contributed by atoms with Crippen LogP contribution in [0.3, 0.4) is 0 Å². The van der Waals surface area contributed by atoms with Gasteiger partial charge in [-0.25, -0.2) is 4.79 Å². The summed E-state index contributed by atoms with van der Waals surface area (Å²) in [7, 11) is 0. The molecule has 0 heterocycles. The Morgan fingerprint density at radius 1 is 1.24 bits per heavy atom. The molecule has 0 aromatic heterocycles. The molecule has 0 saturated carbocycles. The van der Waals surface area contributed by atoms with E-state index in [1.807, 2.05) is 24.3 Å². The van der Waals surface area contributed by atoms with Gasteiger partial charge in [0.05, 0.1) is 0 Å². The third kappa shape index (κ3) is 3.97. The first-order valence-corrected chi connectivity index (χ1v) is 7.04. The van der Waals surface area contributed by atoms with Crippen molar-refractivity contribution >= 4 is 12.1 Å². The number of carboxylic acid groups (broad SMARTS) is 1. The second-order valence-electron chi connectivity index (χ2n) is 6.33. The van der Waals surface area contributed by atoms with Gasteiger partial charge >= 0.3 is 12.1 Å². The van der Waals surface area contributed by atoms with Crippen LogP contribution in [0.25, 0.3) is 0 Å². The quantitative estimate of drug-likeness (QED) is 0.929. The number of rotatable bonds is 3. The number of hydrogen-bond acceptors (Lipinski definition) is 3. The van der Waals surface area contributed by atoms with Crippen LogP contribution in [0.2, 0.25) is 0 Å². The van der Waals surface area contributed by atoms with E-state index in [-0.39, 0.29) is 12.6 Å². The number of hydrogen-bond donors (Lipinski definition) is 1. The molecule has 0 fully saturated rings. The lowest BCUT2D eigenvalue weighted by molar-refractivity contribution is -0.138. The summed E-state index contributed by atoms with van der Waals surface area (Å²) in [6.07, 6.45) is 0.772. The van der Waals surface area contributed by atoms with Crippen LogP contribution in [0.5, 0.6) is 0 Å². The van der Waals surface area contributed by atoms with E-state index in [0.29, 0.717) is 12.8 Å². The number of carbonyl (C=O) groups excluding carboxylic acids is 1. The molecule has 1 N–H and O–H groups in total. The van der Waals surface area contributed by atoms with Gasteiger partial charge in [-0.3, -0.25) is 9.69 Å². The van der Waals surface area contributed by atoms with E-state index in [9.17, 15) is 9.59 Å². The summed E-state index contributed by atoms with van der Waals surface area (Å²) >= 11 is 0. The van der Waals surface area contributed by atoms with E-state index in [2.05, 4.69) is 0 Å². The van der Waals surface area contributed by atoms with Crippen molar-refractivity contribution in [3.8, 4) is 0 Å². The van der Waals surface area contributed by atoms with Gasteiger partial charge in [0.2, 0.25) is 0 Å². The van der Waals surface area contributed by atoms with Crippen molar-refractivity contribution in [2.75, 3.05) is 6.54 Å². The van der Waals surface area contributed by atoms with Gasteiger partial charge in [0.15, 0.2) is 0 Å². The van der Waals surface area contributed by atoms with Crippen molar-refractivity contribution in [1.29, 1.82) is 0 Å². The van der Waals surface area contributed by atoms with Gasteiger partial charge in [-0.1, -0.05) is 24.3 Å². The molecule has 1 aliphatic rings. The van der Waals surface area contributed by atoms with Gasteiger partial charge in [-0.15, -0.1) is 0 Å². The molecular weight excluding hydrogens is 270 g/mol. The van der Waals surface area contributed by atoms with Gasteiger partial charge in [0, 0.05) is 6.04 Å². The van der Waals surface area contributed by atoms with Crippen LogP contribution in [0, 0.1) is 0 Å². The largest absolute Gasteiger partial charge is 0.480 e.